The number of alkyl carbamates (subject to hydrolysis) is 1. The van der Waals surface area contributed by atoms with E-state index in [1.807, 2.05) is 0 Å². The third kappa shape index (κ3) is 3.72. The van der Waals surface area contributed by atoms with Crippen LogP contribution >= 0.6 is 0 Å². The molecule has 1 amide bonds. The van der Waals surface area contributed by atoms with E-state index in [4.69, 9.17) is 0 Å². The van der Waals surface area contributed by atoms with E-state index in [2.05, 4.69) is 64.7 Å². The van der Waals surface area contributed by atoms with Crippen LogP contribution in [0.25, 0.3) is 0 Å². The number of methoxy groups -OCH3 is 1. The first-order valence-electron chi connectivity index (χ1n) is 11.8. The number of nitrogens with zero attached hydrogens (tertiary/aromatic N) is 1. The van der Waals surface area contributed by atoms with Gasteiger partial charge in [-0.05, 0) is 56.4 Å². The van der Waals surface area contributed by atoms with Gasteiger partial charge < -0.3 is 10.1 Å². The Kier molecular flexibility index (Phi) is 5.54. The summed E-state index contributed by atoms with van der Waals surface area (Å²) in [6, 6.07) is 7.32. The van der Waals surface area contributed by atoms with Gasteiger partial charge in [0.05, 0.1) is 30.5 Å². The molecule has 4 atom stereocenters. The molecular weight excluding hydrogens is 443 g/mol. The van der Waals surface area contributed by atoms with Crippen molar-refractivity contribution in [2.75, 3.05) is 18.7 Å². The molecule has 5 rings (SSSR count). The normalized spacial score (nSPS) is 30.6. The van der Waals surface area contributed by atoms with Crippen molar-refractivity contribution in [1.82, 2.24) is 10.7 Å². The van der Waals surface area contributed by atoms with Crippen LogP contribution in [-0.4, -0.2) is 32.0 Å². The molecule has 4 aliphatic rings. The van der Waals surface area contributed by atoms with Crippen LogP contribution in [0.15, 0.2) is 58.8 Å². The van der Waals surface area contributed by atoms with Gasteiger partial charge in [0, 0.05) is 17.9 Å². The maximum absolute atomic E-state index is 13.9. The Morgan fingerprint density at radius 1 is 1.26 bits per heavy atom. The highest BCUT2D eigenvalue weighted by molar-refractivity contribution is 5.68. The van der Waals surface area contributed by atoms with Crippen LogP contribution in [0.4, 0.5) is 23.7 Å². The van der Waals surface area contributed by atoms with Gasteiger partial charge in [0.1, 0.15) is 0 Å². The molecule has 34 heavy (non-hydrogen) atoms. The highest BCUT2D eigenvalue weighted by Crippen LogP contribution is 2.58. The van der Waals surface area contributed by atoms with Gasteiger partial charge in [-0.3, -0.25) is 5.01 Å². The molecule has 0 spiro atoms. The summed E-state index contributed by atoms with van der Waals surface area (Å²) in [4.78, 5) is 12.0. The minimum Gasteiger partial charge on any atom is -0.453 e. The van der Waals surface area contributed by atoms with Crippen molar-refractivity contribution in [2.45, 2.75) is 51.7 Å². The quantitative estimate of drug-likeness (QED) is 0.553. The molecule has 8 heteroatoms. The summed E-state index contributed by atoms with van der Waals surface area (Å²) in [5.74, 6) is -1.98. The van der Waals surface area contributed by atoms with Gasteiger partial charge in [-0.1, -0.05) is 41.8 Å². The number of carbonyl (C=O) groups is 1. The first kappa shape index (κ1) is 23.0. The zero-order valence-electron chi connectivity index (χ0n) is 19.6. The fraction of sp³-hybridized carbons (Fsp3) is 0.500. The molecule has 0 unspecified atom stereocenters. The lowest BCUT2D eigenvalue weighted by Gasteiger charge is -2.51. The zero-order valence-corrected chi connectivity index (χ0v) is 19.6. The minimum absolute atomic E-state index is 0.132. The van der Waals surface area contributed by atoms with Crippen molar-refractivity contribution in [2.24, 2.45) is 17.3 Å². The van der Waals surface area contributed by atoms with Crippen molar-refractivity contribution in [3.63, 3.8) is 0 Å². The Morgan fingerprint density at radius 3 is 2.68 bits per heavy atom. The molecule has 0 saturated heterocycles. The van der Waals surface area contributed by atoms with Crippen LogP contribution < -0.4 is 15.8 Å². The molecule has 2 N–H and O–H groups in total. The molecule has 0 aromatic heterocycles. The van der Waals surface area contributed by atoms with Crippen LogP contribution in [0.2, 0.25) is 0 Å². The number of anilines is 1. The summed E-state index contributed by atoms with van der Waals surface area (Å²) in [6.07, 6.45) is 0.715. The van der Waals surface area contributed by atoms with Crippen molar-refractivity contribution in [1.29, 1.82) is 0 Å². The lowest BCUT2D eigenvalue weighted by atomic mass is 9.55. The van der Waals surface area contributed by atoms with Gasteiger partial charge in [0.15, 0.2) is 0 Å². The van der Waals surface area contributed by atoms with Crippen LogP contribution in [0.5, 0.6) is 0 Å². The van der Waals surface area contributed by atoms with E-state index in [-0.39, 0.29) is 17.8 Å². The van der Waals surface area contributed by atoms with Crippen molar-refractivity contribution in [3.05, 3.63) is 64.4 Å². The highest BCUT2D eigenvalue weighted by atomic mass is 19.4. The number of carbonyl (C=O) groups excluding carboxylic acids is 1. The van der Waals surface area contributed by atoms with Crippen molar-refractivity contribution < 1.29 is 22.7 Å². The second-order valence-electron chi connectivity index (χ2n) is 10.0. The molecular formula is C26H30F3N3O2. The average Bonchev–Trinajstić information content (AvgIpc) is 3.19. The Hall–Kier alpha value is -2.74. The minimum atomic E-state index is -4.39. The van der Waals surface area contributed by atoms with E-state index in [9.17, 15) is 18.0 Å². The molecule has 5 nitrogen and oxygen atoms in total. The van der Waals surface area contributed by atoms with E-state index in [0.29, 0.717) is 19.4 Å². The summed E-state index contributed by atoms with van der Waals surface area (Å²) in [5.41, 5.74) is 10.1. The second-order valence-corrected chi connectivity index (χ2v) is 10.0. The van der Waals surface area contributed by atoms with E-state index >= 15 is 0 Å². The van der Waals surface area contributed by atoms with Gasteiger partial charge in [0.25, 0.3) is 0 Å². The molecule has 3 aliphatic carbocycles. The van der Waals surface area contributed by atoms with E-state index in [0.717, 1.165) is 23.4 Å². The third-order valence-corrected chi connectivity index (χ3v) is 8.04. The first-order chi connectivity index (χ1) is 16.1. The van der Waals surface area contributed by atoms with Crippen molar-refractivity contribution in [3.8, 4) is 0 Å². The summed E-state index contributed by atoms with van der Waals surface area (Å²) in [7, 11) is 1.18. The third-order valence-electron chi connectivity index (χ3n) is 8.04. The number of nitrogens with one attached hydrogen (secondary N) is 2. The number of allylic oxidation sites excluding steroid dienone is 3. The predicted molar refractivity (Wildman–Crippen MR) is 124 cm³/mol. The molecule has 0 radical (unpaired) electrons. The number of halogens is 3. The monoisotopic (exact) mass is 473 g/mol. The topological polar surface area (TPSA) is 53.6 Å². The number of ether oxygens (including phenoxy) is 1. The molecule has 1 saturated carbocycles. The fourth-order valence-electron chi connectivity index (χ4n) is 6.29. The zero-order chi connectivity index (χ0) is 24.3. The van der Waals surface area contributed by atoms with Crippen LogP contribution in [0, 0.1) is 24.2 Å². The lowest BCUT2D eigenvalue weighted by molar-refractivity contribution is -0.186. The molecule has 1 aromatic carbocycles. The van der Waals surface area contributed by atoms with Gasteiger partial charge >= 0.3 is 12.3 Å². The number of benzene rings is 1. The SMILES string of the molecule is COC(=O)N[C@H]1[C@H](C(F)(F)F)CC=C2[C@@H]1CCC1=CC3=C(CNN3c3ccc(C)cc3)C[C@@]12C. The summed E-state index contributed by atoms with van der Waals surface area (Å²) >= 11 is 0. The summed E-state index contributed by atoms with van der Waals surface area (Å²) in [6.45, 7) is 4.91. The number of alkyl halides is 3. The number of fused-ring (bicyclic) bond motifs is 3. The smallest absolute Gasteiger partial charge is 0.407 e. The van der Waals surface area contributed by atoms with Gasteiger partial charge in [-0.15, -0.1) is 0 Å². The largest absolute Gasteiger partial charge is 0.453 e. The number of hydrazine groups is 1. The molecule has 0 bridgehead atoms. The maximum Gasteiger partial charge on any atom is 0.407 e. The summed E-state index contributed by atoms with van der Waals surface area (Å²) in [5, 5.41) is 4.66. The predicted octanol–water partition coefficient (Wildman–Crippen LogP) is 5.55. The van der Waals surface area contributed by atoms with Crippen LogP contribution in [0.1, 0.15) is 38.2 Å². The number of aryl methyl sites for hydroxylation is 1. The molecule has 1 heterocycles. The number of hydrogen-bond acceptors (Lipinski definition) is 4. The van der Waals surface area contributed by atoms with Crippen molar-refractivity contribution >= 4 is 11.8 Å². The van der Waals surface area contributed by atoms with Gasteiger partial charge in [-0.25, -0.2) is 10.2 Å². The Balaban J connectivity index is 1.48. The highest BCUT2D eigenvalue weighted by Gasteiger charge is 2.55. The number of hydrogen-bond donors (Lipinski definition) is 2. The lowest BCUT2D eigenvalue weighted by Crippen LogP contribution is -2.55. The standard InChI is InChI=1S/C26H30F3N3O2/c1-15-4-7-18(8-5-15)32-22-12-17-6-9-19-20(25(17,2)13-16(22)14-30-32)10-11-21(26(27,28)29)23(19)31-24(33)34-3/h4-5,7-8,10,12,19,21,23,30H,6,9,11,13-14H2,1-3H3,(H,31,33)/t19-,21+,23+,25-/m0/s1. The second kappa shape index (κ2) is 8.18. The molecule has 1 aliphatic heterocycles. The molecule has 1 fully saturated rings. The van der Waals surface area contributed by atoms with E-state index < -0.39 is 24.2 Å². The van der Waals surface area contributed by atoms with E-state index in [1.165, 1.54) is 23.8 Å². The van der Waals surface area contributed by atoms with Gasteiger partial charge in [-0.2, -0.15) is 13.2 Å². The number of rotatable bonds is 2. The van der Waals surface area contributed by atoms with Gasteiger partial charge in [0.2, 0.25) is 0 Å². The Morgan fingerprint density at radius 2 is 2.00 bits per heavy atom. The summed E-state index contributed by atoms with van der Waals surface area (Å²) < 4.78 is 46.3. The average molecular weight is 474 g/mol. The Bertz CT molecular complexity index is 1090. The van der Waals surface area contributed by atoms with Crippen LogP contribution in [-0.2, 0) is 4.74 Å². The first-order valence-corrected chi connectivity index (χ1v) is 11.8. The Labute approximate surface area is 197 Å². The molecule has 1 aromatic rings. The van der Waals surface area contributed by atoms with Crippen LogP contribution in [0.3, 0.4) is 0 Å². The van der Waals surface area contributed by atoms with E-state index in [1.54, 1.807) is 6.08 Å². The molecule has 182 valence electrons. The maximum atomic E-state index is 13.9. The number of amides is 1. The fourth-order valence-corrected chi connectivity index (χ4v) is 6.29.